The minimum atomic E-state index is 1.10. The maximum absolute atomic E-state index is 1.81. The van der Waals surface area contributed by atoms with Gasteiger partial charge in [0.1, 0.15) is 0 Å². The van der Waals surface area contributed by atoms with Crippen LogP contribution in [0.5, 0.6) is 0 Å². The Morgan fingerprint density at radius 2 is 0.440 bits per heavy atom. The van der Waals surface area contributed by atoms with Crippen molar-refractivity contribution in [2.24, 2.45) is 262 Å². The Balaban J connectivity index is 0.766. The van der Waals surface area contributed by atoms with Crippen LogP contribution in [0.2, 0.25) is 0 Å². The third-order valence-electron chi connectivity index (χ3n) is 41.7. The van der Waals surface area contributed by atoms with E-state index in [0.29, 0.717) is 0 Å². The summed E-state index contributed by atoms with van der Waals surface area (Å²) in [5.41, 5.74) is 22.4. The molecule has 0 heterocycles. The van der Waals surface area contributed by atoms with E-state index in [4.69, 9.17) is 0 Å². The lowest BCUT2D eigenvalue weighted by Gasteiger charge is -3.57. The zero-order chi connectivity index (χ0) is 27.8. The van der Waals surface area contributed by atoms with Crippen molar-refractivity contribution in [2.75, 3.05) is 0 Å². The van der Waals surface area contributed by atoms with Crippen molar-refractivity contribution >= 4 is 0 Å². The van der Waals surface area contributed by atoms with Crippen LogP contribution in [0, 0.1) is 262 Å². The van der Waals surface area contributed by atoms with Crippen molar-refractivity contribution in [3.8, 4) is 0 Å². The van der Waals surface area contributed by atoms with E-state index in [0.717, 1.165) is 108 Å². The molecule has 0 heteroatoms. The van der Waals surface area contributed by atoms with Gasteiger partial charge in [-0.1, -0.05) is 0 Å². The monoisotopic (exact) mass is 634 g/mol. The molecule has 34 fully saturated rings. The Labute approximate surface area is 286 Å². The molecule has 0 N–H and O–H groups in total. The van der Waals surface area contributed by atoms with Crippen LogP contribution in [0.4, 0.5) is 0 Å². The molecule has 234 valence electrons. The van der Waals surface area contributed by atoms with Gasteiger partial charge < -0.3 is 0 Å². The molecule has 34 aliphatic rings. The Morgan fingerprint density at radius 1 is 0.200 bits per heavy atom. The van der Waals surface area contributed by atoms with E-state index < -0.39 is 0 Å². The van der Waals surface area contributed by atoms with Crippen molar-refractivity contribution < 1.29 is 0 Å². The van der Waals surface area contributed by atoms with Gasteiger partial charge >= 0.3 is 0 Å². The summed E-state index contributed by atoms with van der Waals surface area (Å²) in [6.07, 6.45) is 7.16. The molecule has 0 nitrogen and oxygen atoms in total. The molecule has 20 spiro atoms. The van der Waals surface area contributed by atoms with Gasteiger partial charge in [-0.05, 0) is 288 Å². The van der Waals surface area contributed by atoms with E-state index in [1.54, 1.807) is 12.8 Å². The molecule has 0 aliphatic heterocycles. The molecule has 39 unspecified atom stereocenters. The largest absolute Gasteiger partial charge is 0.0496 e. The van der Waals surface area contributed by atoms with Gasteiger partial charge in [0.05, 0.1) is 0 Å². The van der Waals surface area contributed by atoms with E-state index in [2.05, 4.69) is 0 Å². The lowest BCUT2D eigenvalue weighted by atomic mass is 8.45. The standard InChI is InChI=1S/C50H34/c1-2-6-12-11-5(1)13-17-21-25-29-27-23-19-15-9-3-7-8-4-10-16-20-24-28-30-26-22-18-14(6)34(12)33(11,13)37(17)38(18,34)42(22)41(21,37)45(25)46(26,42)50(30)48(28)44(24)40(20)36(16)32(8,10)31(7,9)35(15,36)39(19,40)43(23,44)47(27,48)49(29,45)50/h5-30H,1-4H2/t5?,6?,7?,8?,9?,10?,11?,12?,13?,14?,15?,16?,17?,18?,19?,20?,21?,22?,23?,24?,25-,26?,27+,28?,29-,30?,31?,32?,33?,34?,35?,36?,37?,38?,39?,40?,41-,42+,43?,44?,45?,46?,47+,48-,49?,50?/m1/s1. The zero-order valence-corrected chi connectivity index (χ0v) is 27.8. The van der Waals surface area contributed by atoms with Gasteiger partial charge in [-0.25, -0.2) is 0 Å². The summed E-state index contributed by atoms with van der Waals surface area (Å²) in [4.78, 5) is 0. The average molecular weight is 635 g/mol. The third-order valence-corrected chi connectivity index (χ3v) is 41.7. The number of hydrogen-bond donors (Lipinski definition) is 0. The second-order valence-electron chi connectivity index (χ2n) is 31.7. The van der Waals surface area contributed by atoms with Crippen molar-refractivity contribution in [3.05, 3.63) is 0 Å². The normalized spacial score (nSPS) is 135. The van der Waals surface area contributed by atoms with Gasteiger partial charge in [0.15, 0.2) is 0 Å². The molecule has 34 rings (SSSR count). The summed E-state index contributed by atoms with van der Waals surface area (Å²) in [6, 6.07) is 0. The summed E-state index contributed by atoms with van der Waals surface area (Å²) < 4.78 is 0. The molecule has 0 saturated heterocycles. The predicted molar refractivity (Wildman–Crippen MR) is 158 cm³/mol. The first-order valence-corrected chi connectivity index (χ1v) is 24.9. The highest BCUT2D eigenvalue weighted by atomic mass is 15.6. The van der Waals surface area contributed by atoms with Gasteiger partial charge in [-0.15, -0.1) is 0 Å². The molecule has 0 bridgehead atoms. The first-order valence-electron chi connectivity index (χ1n) is 24.9. The fourth-order valence-corrected chi connectivity index (χ4v) is 52.1. The highest BCUT2D eigenvalue weighted by Gasteiger charge is 3.59. The quantitative estimate of drug-likeness (QED) is 0.361. The Morgan fingerprint density at radius 3 is 0.780 bits per heavy atom. The molecule has 0 aromatic heterocycles. The molecule has 46 atom stereocenters. The highest BCUT2D eigenvalue weighted by molar-refractivity contribution is 6.03. The molecule has 0 amide bonds. The number of hydrogen-bond acceptors (Lipinski definition) is 0. The first kappa shape index (κ1) is 17.4. The van der Waals surface area contributed by atoms with Crippen LogP contribution in [-0.4, -0.2) is 0 Å². The van der Waals surface area contributed by atoms with Crippen LogP contribution in [0.15, 0.2) is 0 Å². The van der Waals surface area contributed by atoms with E-state index in [1.165, 1.54) is 154 Å². The molecule has 50 heavy (non-hydrogen) atoms. The summed E-state index contributed by atoms with van der Waals surface area (Å²) in [5, 5.41) is 0. The van der Waals surface area contributed by atoms with Crippen molar-refractivity contribution in [1.29, 1.82) is 0 Å². The summed E-state index contributed by atoms with van der Waals surface area (Å²) in [6.45, 7) is 0. The molecular weight excluding hydrogens is 601 g/mol. The van der Waals surface area contributed by atoms with Gasteiger partial charge in [0, 0.05) is 0 Å². The van der Waals surface area contributed by atoms with E-state index in [9.17, 15) is 0 Å². The number of fused-ring (bicyclic) bond motifs is 21. The zero-order valence-electron chi connectivity index (χ0n) is 27.8. The van der Waals surface area contributed by atoms with E-state index in [-0.39, 0.29) is 0 Å². The van der Waals surface area contributed by atoms with Crippen LogP contribution >= 0.6 is 0 Å². The van der Waals surface area contributed by atoms with Crippen LogP contribution in [0.1, 0.15) is 25.7 Å². The second-order valence-corrected chi connectivity index (χ2v) is 31.7. The van der Waals surface area contributed by atoms with E-state index in [1.807, 2.05) is 12.8 Å². The average Bonchev–Trinajstić information content (AvgIpc) is 2.97. The Bertz CT molecular complexity index is 2890. The van der Waals surface area contributed by atoms with Crippen molar-refractivity contribution in [1.82, 2.24) is 0 Å². The minimum Gasteiger partial charge on any atom is -0.0496 e. The summed E-state index contributed by atoms with van der Waals surface area (Å²) >= 11 is 0. The smallest absolute Gasteiger partial charge is 0.00502 e. The van der Waals surface area contributed by atoms with Crippen molar-refractivity contribution in [2.45, 2.75) is 25.7 Å². The Kier molecular flexibility index (Phi) is 0.964. The molecule has 0 aromatic carbocycles. The van der Waals surface area contributed by atoms with Gasteiger partial charge in [-0.2, -0.15) is 0 Å². The van der Waals surface area contributed by atoms with E-state index >= 15 is 0 Å². The minimum absolute atomic E-state index is 1.10. The second kappa shape index (κ2) is 2.77. The van der Waals surface area contributed by atoms with Crippen LogP contribution in [0.3, 0.4) is 0 Å². The SMILES string of the molecule is C1CC2C3C4C1C1C5C6C7C8C9C%10C%11C%12C%13CC%14C%15CC%16C%17C%18C%19[C@H]%20[C@H]%21[C@H]%22C%23C%24C2C32C41C51C%242[C@]%232C%223C7(C84C%213[C@]%203C%195C%187C%178C%15%16C%14%13C%128C%117C%105[C@@]943)[C@@]612. The number of rotatable bonds is 0. The maximum Gasteiger partial charge on any atom is -0.00502 e. The van der Waals surface area contributed by atoms with Crippen LogP contribution in [-0.2, 0) is 0 Å². The maximum atomic E-state index is 1.81. The first-order chi connectivity index (χ1) is 24.9. The molecule has 34 saturated carbocycles. The molecule has 0 radical (unpaired) electrons. The molecule has 0 aromatic rings. The molecular formula is C50H34. The highest BCUT2D eigenvalue weighted by Crippen LogP contribution is 3.60. The Hall–Kier alpha value is 0. The fourth-order valence-electron chi connectivity index (χ4n) is 52.1. The summed E-state index contributed by atoms with van der Waals surface area (Å²) in [5.74, 6) is 36.1. The van der Waals surface area contributed by atoms with Gasteiger partial charge in [0.2, 0.25) is 0 Å². The predicted octanol–water partition coefficient (Wildman–Crippen LogP) is 4.76. The van der Waals surface area contributed by atoms with Gasteiger partial charge in [0.25, 0.3) is 0 Å². The lowest BCUT2D eigenvalue weighted by molar-refractivity contribution is -1.13. The molecule has 34 aliphatic carbocycles. The fraction of sp³-hybridized carbons (Fsp3) is 1.00. The van der Waals surface area contributed by atoms with Crippen molar-refractivity contribution in [3.63, 3.8) is 0 Å². The van der Waals surface area contributed by atoms with Crippen LogP contribution < -0.4 is 0 Å². The van der Waals surface area contributed by atoms with Gasteiger partial charge in [-0.3, -0.25) is 0 Å². The lowest BCUT2D eigenvalue weighted by Crippen LogP contribution is -3.56. The topological polar surface area (TPSA) is 0 Å². The third kappa shape index (κ3) is 0.416. The van der Waals surface area contributed by atoms with Crippen LogP contribution in [0.25, 0.3) is 0 Å². The summed E-state index contributed by atoms with van der Waals surface area (Å²) in [7, 11) is 0.